The summed E-state index contributed by atoms with van der Waals surface area (Å²) >= 11 is 0. The minimum Gasteiger partial charge on any atom is -0.417 e. The molecule has 1 aromatic carbocycles. The van der Waals surface area contributed by atoms with Crippen molar-refractivity contribution in [2.75, 3.05) is 13.2 Å². The van der Waals surface area contributed by atoms with E-state index < -0.39 is 20.7 Å². The lowest BCUT2D eigenvalue weighted by Gasteiger charge is -2.37. The first-order chi connectivity index (χ1) is 10.7. The molecule has 0 unspecified atom stereocenters. The molecule has 0 radical (unpaired) electrons. The number of Topliss-reactive ketones (excluding diaryl/α,β-unsaturated/α-hetero) is 1. The summed E-state index contributed by atoms with van der Waals surface area (Å²) in [6.45, 7) is 11.7. The van der Waals surface area contributed by atoms with Crippen LogP contribution in [0.15, 0.2) is 30.3 Å². The fourth-order valence-electron chi connectivity index (χ4n) is 2.17. The van der Waals surface area contributed by atoms with Crippen LogP contribution in [0.25, 0.3) is 0 Å². The minimum absolute atomic E-state index is 0.00369. The van der Waals surface area contributed by atoms with Gasteiger partial charge in [0.05, 0.1) is 0 Å². The van der Waals surface area contributed by atoms with E-state index in [1.54, 1.807) is 0 Å². The lowest BCUT2D eigenvalue weighted by atomic mass is 10.1. The van der Waals surface area contributed by atoms with Crippen molar-refractivity contribution in [3.05, 3.63) is 35.9 Å². The third-order valence-corrected chi connectivity index (χ3v) is 9.28. The third kappa shape index (κ3) is 4.73. The first-order valence-corrected chi connectivity index (χ1v) is 11.1. The van der Waals surface area contributed by atoms with Crippen LogP contribution in [0.5, 0.6) is 0 Å². The van der Waals surface area contributed by atoms with Crippen LogP contribution in [-0.2, 0) is 18.7 Å². The van der Waals surface area contributed by atoms with E-state index >= 15 is 0 Å². The Morgan fingerprint density at radius 2 is 1.87 bits per heavy atom. The van der Waals surface area contributed by atoms with Crippen LogP contribution in [-0.4, -0.2) is 33.4 Å². The Hall–Kier alpha value is -1.01. The van der Waals surface area contributed by atoms with Gasteiger partial charge in [-0.1, -0.05) is 51.1 Å². The van der Waals surface area contributed by atoms with Crippen LogP contribution in [0.4, 0.5) is 0 Å². The highest BCUT2D eigenvalue weighted by molar-refractivity contribution is 6.74. The van der Waals surface area contributed by atoms with E-state index in [-0.39, 0.29) is 17.4 Å². The van der Waals surface area contributed by atoms with E-state index in [0.717, 1.165) is 5.56 Å². The largest absolute Gasteiger partial charge is 0.417 e. The van der Waals surface area contributed by atoms with Crippen molar-refractivity contribution in [2.24, 2.45) is 0 Å². The Kier molecular flexibility index (Phi) is 5.78. The first kappa shape index (κ1) is 18.3. The van der Waals surface area contributed by atoms with Crippen molar-refractivity contribution < 1.29 is 18.7 Å². The SMILES string of the molecule is CC(C)(C)[Si](C)(C)OCC[C@@H]1O[C@H](c2ccccc2)OCC1=O. The third-order valence-electron chi connectivity index (χ3n) is 4.74. The zero-order valence-electron chi connectivity index (χ0n) is 14.8. The number of ketones is 1. The summed E-state index contributed by atoms with van der Waals surface area (Å²) in [6.07, 6.45) is -0.330. The predicted octanol–water partition coefficient (Wildman–Crippen LogP) is 4.08. The molecule has 0 bridgehead atoms. The van der Waals surface area contributed by atoms with E-state index in [4.69, 9.17) is 13.9 Å². The van der Waals surface area contributed by atoms with Gasteiger partial charge in [0.15, 0.2) is 20.4 Å². The number of rotatable bonds is 5. The number of hydrogen-bond acceptors (Lipinski definition) is 4. The molecule has 1 aliphatic rings. The molecule has 1 aromatic rings. The molecule has 2 atom stereocenters. The van der Waals surface area contributed by atoms with Gasteiger partial charge in [-0.25, -0.2) is 0 Å². The number of benzene rings is 1. The quantitative estimate of drug-likeness (QED) is 0.760. The molecular formula is C18H28O4Si. The Balaban J connectivity index is 1.90. The second kappa shape index (κ2) is 7.26. The van der Waals surface area contributed by atoms with Crippen molar-refractivity contribution >= 4 is 14.1 Å². The zero-order chi connectivity index (χ0) is 17.1. The highest BCUT2D eigenvalue weighted by Gasteiger charge is 2.38. The molecule has 2 rings (SSSR count). The molecule has 0 aromatic heterocycles. The molecular weight excluding hydrogens is 308 g/mol. The van der Waals surface area contributed by atoms with Crippen LogP contribution >= 0.6 is 0 Å². The van der Waals surface area contributed by atoms with Gasteiger partial charge in [-0.3, -0.25) is 4.79 Å². The molecule has 1 fully saturated rings. The second-order valence-corrected chi connectivity index (χ2v) is 12.4. The van der Waals surface area contributed by atoms with Gasteiger partial charge in [-0.05, 0) is 18.1 Å². The van der Waals surface area contributed by atoms with E-state index in [2.05, 4.69) is 33.9 Å². The number of carbonyl (C=O) groups excluding carboxylic acids is 1. The average molecular weight is 337 g/mol. The number of ether oxygens (including phenoxy) is 2. The normalized spacial score (nSPS) is 23.1. The van der Waals surface area contributed by atoms with E-state index in [0.29, 0.717) is 13.0 Å². The molecule has 4 nitrogen and oxygen atoms in total. The van der Waals surface area contributed by atoms with Crippen LogP contribution in [0.2, 0.25) is 18.1 Å². The molecule has 0 amide bonds. The van der Waals surface area contributed by atoms with Crippen LogP contribution in [0.3, 0.4) is 0 Å². The van der Waals surface area contributed by atoms with Gasteiger partial charge in [-0.2, -0.15) is 0 Å². The van der Waals surface area contributed by atoms with Crippen molar-refractivity contribution in [1.82, 2.24) is 0 Å². The van der Waals surface area contributed by atoms with Crippen LogP contribution < -0.4 is 0 Å². The van der Waals surface area contributed by atoms with Crippen molar-refractivity contribution in [3.63, 3.8) is 0 Å². The van der Waals surface area contributed by atoms with E-state index in [1.165, 1.54) is 0 Å². The Bertz CT molecular complexity index is 522. The lowest BCUT2D eigenvalue weighted by Crippen LogP contribution is -2.43. The molecule has 0 aliphatic carbocycles. The molecule has 23 heavy (non-hydrogen) atoms. The Morgan fingerprint density at radius 3 is 2.48 bits per heavy atom. The van der Waals surface area contributed by atoms with Gasteiger partial charge in [0, 0.05) is 18.6 Å². The molecule has 0 N–H and O–H groups in total. The standard InChI is InChI=1S/C18H28O4Si/c1-18(2,3)23(4,5)21-12-11-16-15(19)13-20-17(22-16)14-9-7-6-8-10-14/h6-10,16-17H,11-13H2,1-5H3/t16-,17+/m0/s1. The smallest absolute Gasteiger partial charge is 0.191 e. The molecule has 1 aliphatic heterocycles. The maximum Gasteiger partial charge on any atom is 0.191 e. The lowest BCUT2D eigenvalue weighted by molar-refractivity contribution is -0.213. The van der Waals surface area contributed by atoms with E-state index in [1.807, 2.05) is 30.3 Å². The average Bonchev–Trinajstić information content (AvgIpc) is 2.49. The summed E-state index contributed by atoms with van der Waals surface area (Å²) < 4.78 is 17.5. The molecule has 0 spiro atoms. The van der Waals surface area contributed by atoms with Gasteiger partial charge in [0.25, 0.3) is 0 Å². The molecule has 5 heteroatoms. The summed E-state index contributed by atoms with van der Waals surface area (Å²) in [5.41, 5.74) is 0.940. The summed E-state index contributed by atoms with van der Waals surface area (Å²) in [6, 6.07) is 9.72. The molecule has 128 valence electrons. The molecule has 1 saturated heterocycles. The minimum atomic E-state index is -1.79. The van der Waals surface area contributed by atoms with Gasteiger partial charge >= 0.3 is 0 Å². The Morgan fingerprint density at radius 1 is 1.22 bits per heavy atom. The number of carbonyl (C=O) groups is 1. The van der Waals surface area contributed by atoms with Gasteiger partial charge < -0.3 is 13.9 Å². The van der Waals surface area contributed by atoms with E-state index in [9.17, 15) is 4.79 Å². The molecule has 0 saturated carbocycles. The van der Waals surface area contributed by atoms with Crippen molar-refractivity contribution in [3.8, 4) is 0 Å². The first-order valence-electron chi connectivity index (χ1n) is 8.19. The highest BCUT2D eigenvalue weighted by Crippen LogP contribution is 2.36. The second-order valence-electron chi connectivity index (χ2n) is 7.54. The van der Waals surface area contributed by atoms with Gasteiger partial charge in [0.2, 0.25) is 0 Å². The maximum absolute atomic E-state index is 12.0. The predicted molar refractivity (Wildman–Crippen MR) is 92.8 cm³/mol. The zero-order valence-corrected chi connectivity index (χ0v) is 15.8. The fraction of sp³-hybridized carbons (Fsp3) is 0.611. The summed E-state index contributed by atoms with van der Waals surface area (Å²) in [5, 5.41) is 0.167. The summed E-state index contributed by atoms with van der Waals surface area (Å²) in [5.74, 6) is -0.00369. The van der Waals surface area contributed by atoms with Crippen LogP contribution in [0, 0.1) is 0 Å². The number of hydrogen-bond donors (Lipinski definition) is 0. The highest BCUT2D eigenvalue weighted by atomic mass is 28.4. The summed E-state index contributed by atoms with van der Waals surface area (Å²) in [7, 11) is -1.79. The molecule has 1 heterocycles. The van der Waals surface area contributed by atoms with Crippen LogP contribution in [0.1, 0.15) is 39.0 Å². The maximum atomic E-state index is 12.0. The van der Waals surface area contributed by atoms with Gasteiger partial charge in [0.1, 0.15) is 12.7 Å². The topological polar surface area (TPSA) is 44.8 Å². The van der Waals surface area contributed by atoms with Gasteiger partial charge in [-0.15, -0.1) is 0 Å². The van der Waals surface area contributed by atoms with Crippen molar-refractivity contribution in [2.45, 2.75) is 57.7 Å². The van der Waals surface area contributed by atoms with Crippen molar-refractivity contribution in [1.29, 1.82) is 0 Å². The Labute approximate surface area is 140 Å². The fourth-order valence-corrected chi connectivity index (χ4v) is 3.23. The summed E-state index contributed by atoms with van der Waals surface area (Å²) in [4.78, 5) is 12.0. The monoisotopic (exact) mass is 336 g/mol.